The van der Waals surface area contributed by atoms with Gasteiger partial charge in [0.2, 0.25) is 0 Å². The number of halogens is 2. The molecule has 3 N–H and O–H groups in total. The molecular formula is C114H239F2N23O6S. The Kier molecular flexibility index (Phi) is 64.1. The fraction of sp³-hybridized carbons (Fsp3) is 0.974. The average Bonchev–Trinajstić information content (AvgIpc) is 1.65. The van der Waals surface area contributed by atoms with Gasteiger partial charge in [0, 0.05) is 367 Å². The molecule has 0 aliphatic carbocycles. The van der Waals surface area contributed by atoms with Crippen LogP contribution in [0, 0.1) is 0 Å². The van der Waals surface area contributed by atoms with Crippen LogP contribution in [-0.2, 0) is 27.8 Å². The lowest BCUT2D eigenvalue weighted by molar-refractivity contribution is -0.0603. The van der Waals surface area contributed by atoms with E-state index >= 15 is 0 Å². The van der Waals surface area contributed by atoms with Crippen LogP contribution in [0.4, 0.5) is 8.78 Å². The molecule has 1 aromatic rings. The maximum absolute atomic E-state index is 12.6. The summed E-state index contributed by atoms with van der Waals surface area (Å²) in [5, 5.41) is 31.4. The van der Waals surface area contributed by atoms with Crippen molar-refractivity contribution >= 4 is 10.0 Å². The fourth-order valence-corrected chi connectivity index (χ4v) is 23.0. The molecule has 0 saturated carbocycles. The first kappa shape index (κ1) is 136. The van der Waals surface area contributed by atoms with Crippen molar-refractivity contribution < 1.29 is 37.3 Å². The van der Waals surface area contributed by atoms with Gasteiger partial charge in [-0.1, -0.05) is 0 Å². The molecule has 16 aliphatic heterocycles. The molecule has 146 heavy (non-hydrogen) atoms. The SMILES string of the molecule is CC(C)N1CCC(F)(F)CC1.CC(C)N1CCC(O)C1.CC(C)N1CCCC1.CC(C)N1CCN(C)CC1.CC(C)N1CCN(C)C[C@@H]1C.CC(C)N1CCN(C)C[C@H]1C.CC(C)N1CCN(C)[C@@H](C)C1.CC(C)N1CCN(C)[C@H](C)C1.CC(C)N1CCOCC1.CC(C)N1CC[C@@H](O)C1.CC(C)N1CC[C@H](O)C1.CC(C)N1C[C@@H]2C[C@H]1CN2C.CC(C)N1C[C@H]2C[C@@H]1CN2C.CC(C)N1Cc2cn(S(C)(=O)=O)nc2C1. The molecule has 15 saturated heterocycles. The first-order chi connectivity index (χ1) is 68.1. The molecule has 0 radical (unpaired) electrons. The third-order valence-corrected chi connectivity index (χ3v) is 34.4. The van der Waals surface area contributed by atoms with Crippen LogP contribution in [0.2, 0.25) is 0 Å². The number of nitrogens with zero attached hydrogens (tertiary/aromatic N) is 23. The van der Waals surface area contributed by atoms with E-state index in [0.717, 1.165) is 192 Å². The molecule has 1 aromatic heterocycles. The molecule has 0 aromatic carbocycles. The molecule has 32 heteroatoms. The first-order valence-corrected chi connectivity index (χ1v) is 60.5. The Morgan fingerprint density at radius 1 is 0.308 bits per heavy atom. The second kappa shape index (κ2) is 68.6. The number of β-amino-alcohol motifs (C(OH)–C–C–N with tert-alkyl or cyclic N) is 3. The molecular weight excluding hydrogens is 1860 g/mol. The van der Waals surface area contributed by atoms with Crippen LogP contribution in [0.25, 0.3) is 0 Å². The minimum atomic E-state index is -3.23. The summed E-state index contributed by atoms with van der Waals surface area (Å²) in [7, 11) is 12.3. The molecule has 17 rings (SSSR count). The highest BCUT2D eigenvalue weighted by atomic mass is 32.2. The van der Waals surface area contributed by atoms with E-state index in [-0.39, 0.29) is 31.2 Å². The molecule has 1 unspecified atom stereocenters. The number of fused-ring (bicyclic) bond motifs is 5. The quantitative estimate of drug-likeness (QED) is 0.150. The van der Waals surface area contributed by atoms with Crippen molar-refractivity contribution in [1.82, 2.24) is 112 Å². The van der Waals surface area contributed by atoms with Crippen molar-refractivity contribution in [3.05, 3.63) is 17.5 Å². The van der Waals surface area contributed by atoms with Crippen molar-refractivity contribution in [2.75, 3.05) is 278 Å². The number of aromatic nitrogens is 2. The van der Waals surface area contributed by atoms with Gasteiger partial charge in [-0.05, 0) is 329 Å². The maximum Gasteiger partial charge on any atom is 0.250 e. The lowest BCUT2D eigenvalue weighted by Crippen LogP contribution is -2.52. The van der Waals surface area contributed by atoms with Gasteiger partial charge >= 0.3 is 0 Å². The second-order valence-corrected chi connectivity index (χ2v) is 51.9. The van der Waals surface area contributed by atoms with Gasteiger partial charge in [-0.25, -0.2) is 17.2 Å². The predicted molar refractivity (Wildman–Crippen MR) is 616 cm³/mol. The number of likely N-dealkylation sites (tertiary alicyclic amines) is 9. The fourth-order valence-electron chi connectivity index (χ4n) is 22.4. The third-order valence-electron chi connectivity index (χ3n) is 33.6. The van der Waals surface area contributed by atoms with E-state index < -0.39 is 15.9 Å². The molecule has 0 spiro atoms. The van der Waals surface area contributed by atoms with Crippen LogP contribution in [0.1, 0.15) is 291 Å². The van der Waals surface area contributed by atoms with Gasteiger partial charge in [0.25, 0.3) is 15.9 Å². The summed E-state index contributed by atoms with van der Waals surface area (Å²) in [6.07, 6.45) is 11.2. The summed E-state index contributed by atoms with van der Waals surface area (Å²) < 4.78 is 54.0. The largest absolute Gasteiger partial charge is 0.392 e. The van der Waals surface area contributed by atoms with Gasteiger partial charge in [-0.15, -0.1) is 0 Å². The molecule has 11 atom stereocenters. The van der Waals surface area contributed by atoms with Crippen LogP contribution >= 0.6 is 0 Å². The number of likely N-dealkylation sites (N-methyl/N-ethyl adjacent to an activating group) is 7. The number of piperidine rings is 1. The van der Waals surface area contributed by atoms with Gasteiger partial charge < -0.3 is 64.2 Å². The van der Waals surface area contributed by atoms with Crippen LogP contribution in [0.5, 0.6) is 0 Å². The molecule has 17 heterocycles. The normalized spacial score (nSPS) is 28.5. The lowest BCUT2D eigenvalue weighted by atomic mass is 10.1. The topological polar surface area (TPSA) is 190 Å². The molecule has 0 amide bonds. The van der Waals surface area contributed by atoms with Crippen LogP contribution in [-0.4, -0.2) is 571 Å². The predicted octanol–water partition coefficient (Wildman–Crippen LogP) is 12.5. The zero-order valence-electron chi connectivity index (χ0n) is 102. The van der Waals surface area contributed by atoms with Crippen molar-refractivity contribution in [1.29, 1.82) is 0 Å². The number of ether oxygens (including phenoxy) is 1. The van der Waals surface area contributed by atoms with Crippen molar-refractivity contribution in [2.24, 2.45) is 0 Å². The Hall–Kier alpha value is -1.98. The number of morpholine rings is 1. The zero-order valence-corrected chi connectivity index (χ0v) is 103. The first-order valence-electron chi connectivity index (χ1n) is 58.7. The van der Waals surface area contributed by atoms with Crippen molar-refractivity contribution in [2.45, 2.75) is 450 Å². The minimum Gasteiger partial charge on any atom is -0.392 e. The molecule has 4 bridgehead atoms. The van der Waals surface area contributed by atoms with Crippen LogP contribution in [0.3, 0.4) is 0 Å². The summed E-state index contributed by atoms with van der Waals surface area (Å²) in [6, 6.07) is 15.6. The van der Waals surface area contributed by atoms with E-state index in [2.05, 4.69) is 365 Å². The summed E-state index contributed by atoms with van der Waals surface area (Å²) in [5.74, 6) is -2.40. The Balaban J connectivity index is 0.000000328. The Bertz CT molecular complexity index is 3390. The minimum absolute atomic E-state index is 0.0329. The van der Waals surface area contributed by atoms with E-state index in [9.17, 15) is 17.2 Å². The number of hydrogen-bond acceptors (Lipinski definition) is 28. The van der Waals surface area contributed by atoms with Crippen molar-refractivity contribution in [3.63, 3.8) is 0 Å². The second-order valence-electron chi connectivity index (χ2n) is 50.1. The number of hydrogen-bond donors (Lipinski definition) is 3. The van der Waals surface area contributed by atoms with Gasteiger partial charge in [0.05, 0.1) is 43.5 Å². The van der Waals surface area contributed by atoms with Crippen LogP contribution in [0.15, 0.2) is 6.20 Å². The Labute approximate surface area is 899 Å². The maximum atomic E-state index is 12.6. The van der Waals surface area contributed by atoms with E-state index in [1.807, 2.05) is 13.8 Å². The Morgan fingerprint density at radius 2 is 0.610 bits per heavy atom. The van der Waals surface area contributed by atoms with E-state index in [0.29, 0.717) is 73.5 Å². The highest BCUT2D eigenvalue weighted by Gasteiger charge is 2.44. The summed E-state index contributed by atoms with van der Waals surface area (Å²) in [4.78, 5) is 51.3. The molecule has 15 fully saturated rings. The van der Waals surface area contributed by atoms with Gasteiger partial charge in [0.15, 0.2) is 0 Å². The molecule has 866 valence electrons. The zero-order chi connectivity index (χ0) is 110. The monoisotopic (exact) mass is 2100 g/mol. The van der Waals surface area contributed by atoms with Crippen molar-refractivity contribution in [3.8, 4) is 0 Å². The summed E-state index contributed by atoms with van der Waals surface area (Å²) in [6.45, 7) is 112. The number of rotatable bonds is 15. The average molecular weight is 2100 g/mol. The van der Waals surface area contributed by atoms with E-state index in [1.54, 1.807) is 6.20 Å². The summed E-state index contributed by atoms with van der Waals surface area (Å²) in [5.41, 5.74) is 1.91. The van der Waals surface area contributed by atoms with Gasteiger partial charge in [-0.2, -0.15) is 9.19 Å². The standard InChI is InChI=1S/C9H15N3O2S.2C9H18N2.4C9H20N2.C8H15F2N.C8H18N2.4C7H15NO.C7H15N/c1-7(2)11-4-8-5-12(15(3,13)14)10-9(8)6-11;2*1-7(2)11-6-8-4-9(11)5-10(8)3;2*1-8(2)11-6-5-10(4)9(3)7-11;2*1-8(2)11-6-5-10(4)7-9(11)3;1-7(2)11-5-3-8(9,10)4-6-11;1-8(2)10-6-4-9(3)5-7-10;1-7(2)8-3-5-9-6-4-8;3*1-6(2)8-4-3-7(9)5-8;1-7(2)8-5-3-4-6-8/h5,7H,4,6H2,1-3H3;2*7-9H,4-6H2,1-3H3;4*8-9H,5-7H2,1-4H3;7H,3-6H2,1-2H3;8H,4-7H2,1-3H3;7H,3-6H2,1-2H3;3*6-7,9H,3-5H2,1-2H3;7H,3-6H2,1-2H3/t;2*8-,9-;4*9-;;;;2*7-;;/m.101010...10../s1. The van der Waals surface area contributed by atoms with Crippen LogP contribution < -0.4 is 0 Å². The lowest BCUT2D eigenvalue weighted by Gasteiger charge is -2.40. The van der Waals surface area contributed by atoms with E-state index in [4.69, 9.17) is 20.1 Å². The number of piperazine rings is 7. The van der Waals surface area contributed by atoms with Gasteiger partial charge in [0.1, 0.15) is 0 Å². The van der Waals surface area contributed by atoms with Gasteiger partial charge in [-0.3, -0.25) is 58.8 Å². The summed E-state index contributed by atoms with van der Waals surface area (Å²) >= 11 is 0. The third kappa shape index (κ3) is 50.7. The number of aliphatic hydroxyl groups excluding tert-OH is 3. The molecule has 29 nitrogen and oxygen atoms in total. The molecule has 16 aliphatic rings. The number of alkyl halides is 2. The highest BCUT2D eigenvalue weighted by molar-refractivity contribution is 7.89. The number of aliphatic hydroxyl groups is 3. The highest BCUT2D eigenvalue weighted by Crippen LogP contribution is 2.34. The Morgan fingerprint density at radius 3 is 0.856 bits per heavy atom. The smallest absolute Gasteiger partial charge is 0.250 e. The van der Waals surface area contributed by atoms with E-state index in [1.165, 1.54) is 170 Å².